The first-order chi connectivity index (χ1) is 14.1. The van der Waals surface area contributed by atoms with Crippen LogP contribution in [0, 0.1) is 13.8 Å². The van der Waals surface area contributed by atoms with Crippen molar-refractivity contribution in [1.82, 2.24) is 20.1 Å². The van der Waals surface area contributed by atoms with Gasteiger partial charge in [0.05, 0.1) is 18.2 Å². The van der Waals surface area contributed by atoms with Crippen molar-refractivity contribution in [3.05, 3.63) is 63.9 Å². The number of carbonyl (C=O) groups excluding carboxylic acids is 1. The van der Waals surface area contributed by atoms with Gasteiger partial charge >= 0.3 is 12.1 Å². The molecule has 0 aliphatic heterocycles. The van der Waals surface area contributed by atoms with E-state index < -0.39 is 29.8 Å². The summed E-state index contributed by atoms with van der Waals surface area (Å²) < 4.78 is 40.3. The molecular formula is C19H17F3N4O3S. The molecule has 2 N–H and O–H groups in total. The Kier molecular flexibility index (Phi) is 5.92. The van der Waals surface area contributed by atoms with Crippen LogP contribution >= 0.6 is 11.3 Å². The number of carboxylic acids is 1. The number of carbonyl (C=O) groups is 2. The van der Waals surface area contributed by atoms with E-state index in [-0.39, 0.29) is 22.9 Å². The highest BCUT2D eigenvalue weighted by Gasteiger charge is 2.36. The molecule has 2 aromatic heterocycles. The molecule has 7 nitrogen and oxygen atoms in total. The molecule has 0 saturated heterocycles. The summed E-state index contributed by atoms with van der Waals surface area (Å²) in [4.78, 5) is 27.9. The molecule has 11 heteroatoms. The Morgan fingerprint density at radius 1 is 1.27 bits per heavy atom. The molecule has 3 aromatic rings. The lowest BCUT2D eigenvalue weighted by molar-refractivity contribution is -0.143. The highest BCUT2D eigenvalue weighted by Crippen LogP contribution is 2.32. The van der Waals surface area contributed by atoms with Gasteiger partial charge in [-0.3, -0.25) is 9.59 Å². The van der Waals surface area contributed by atoms with Gasteiger partial charge in [0.1, 0.15) is 5.69 Å². The topological polar surface area (TPSA) is 97.1 Å². The van der Waals surface area contributed by atoms with Crippen molar-refractivity contribution >= 4 is 23.2 Å². The van der Waals surface area contributed by atoms with Gasteiger partial charge in [0.15, 0.2) is 5.69 Å². The number of aromatic nitrogens is 3. The van der Waals surface area contributed by atoms with Crippen LogP contribution in [0.4, 0.5) is 13.2 Å². The number of aryl methyl sites for hydroxylation is 2. The summed E-state index contributed by atoms with van der Waals surface area (Å²) in [6, 6.07) is 7.08. The molecule has 0 fully saturated rings. The average molecular weight is 438 g/mol. The molecule has 2 heterocycles. The zero-order valence-corrected chi connectivity index (χ0v) is 16.7. The highest BCUT2D eigenvalue weighted by atomic mass is 32.1. The Bertz CT molecular complexity index is 1090. The van der Waals surface area contributed by atoms with E-state index in [2.05, 4.69) is 15.4 Å². The van der Waals surface area contributed by atoms with Crippen LogP contribution in [0.5, 0.6) is 0 Å². The number of aliphatic carboxylic acids is 1. The summed E-state index contributed by atoms with van der Waals surface area (Å²) in [5, 5.41) is 16.8. The second kappa shape index (κ2) is 8.27. The van der Waals surface area contributed by atoms with Crippen LogP contribution in [-0.2, 0) is 11.0 Å². The van der Waals surface area contributed by atoms with Gasteiger partial charge < -0.3 is 10.4 Å². The molecule has 0 spiro atoms. The van der Waals surface area contributed by atoms with Gasteiger partial charge in [-0.25, -0.2) is 9.67 Å². The van der Waals surface area contributed by atoms with Crippen molar-refractivity contribution in [3.8, 4) is 5.13 Å². The lowest BCUT2D eigenvalue weighted by Crippen LogP contribution is -2.31. The van der Waals surface area contributed by atoms with Gasteiger partial charge in [-0.2, -0.15) is 18.3 Å². The number of benzene rings is 1. The fourth-order valence-electron chi connectivity index (χ4n) is 2.94. The van der Waals surface area contributed by atoms with E-state index in [4.69, 9.17) is 0 Å². The number of amides is 1. The van der Waals surface area contributed by atoms with Gasteiger partial charge in [0, 0.05) is 5.38 Å². The van der Waals surface area contributed by atoms with E-state index >= 15 is 0 Å². The molecule has 0 aliphatic carbocycles. The number of rotatable bonds is 6. The molecule has 1 amide bonds. The van der Waals surface area contributed by atoms with Gasteiger partial charge in [-0.15, -0.1) is 11.3 Å². The van der Waals surface area contributed by atoms with Crippen molar-refractivity contribution in [3.63, 3.8) is 0 Å². The number of hydrogen-bond donors (Lipinski definition) is 2. The number of halogens is 3. The number of thiazole rings is 1. The SMILES string of the molecule is Cc1cc(C(F)(F)F)n(-c2nc(C(=O)N[C@@H](CC(=O)O)c3ccccc3C)cs2)n1. The lowest BCUT2D eigenvalue weighted by atomic mass is 9.98. The molecule has 158 valence electrons. The molecule has 1 atom stereocenters. The number of nitrogens with one attached hydrogen (secondary N) is 1. The zero-order chi connectivity index (χ0) is 22.1. The number of alkyl halides is 3. The average Bonchev–Trinajstić information content (AvgIpc) is 3.27. The van der Waals surface area contributed by atoms with Gasteiger partial charge in [0.25, 0.3) is 5.91 Å². The molecule has 0 aliphatic rings. The van der Waals surface area contributed by atoms with E-state index in [0.717, 1.165) is 23.0 Å². The summed E-state index contributed by atoms with van der Waals surface area (Å²) in [5.74, 6) is -1.80. The predicted molar refractivity (Wildman–Crippen MR) is 103 cm³/mol. The maximum absolute atomic E-state index is 13.2. The van der Waals surface area contributed by atoms with E-state index in [9.17, 15) is 27.9 Å². The second-order valence-corrected chi connectivity index (χ2v) is 7.41. The first-order valence-corrected chi connectivity index (χ1v) is 9.62. The van der Waals surface area contributed by atoms with Crippen LogP contribution in [0.1, 0.15) is 45.5 Å². The summed E-state index contributed by atoms with van der Waals surface area (Å²) in [6.45, 7) is 3.21. The second-order valence-electron chi connectivity index (χ2n) is 6.58. The largest absolute Gasteiger partial charge is 0.481 e. The van der Waals surface area contributed by atoms with Crippen molar-refractivity contribution in [2.75, 3.05) is 0 Å². The lowest BCUT2D eigenvalue weighted by Gasteiger charge is -2.18. The number of carboxylic acid groups (broad SMARTS) is 1. The maximum Gasteiger partial charge on any atom is 0.433 e. The monoisotopic (exact) mass is 438 g/mol. The third-order valence-electron chi connectivity index (χ3n) is 4.28. The maximum atomic E-state index is 13.2. The summed E-state index contributed by atoms with van der Waals surface area (Å²) in [5.41, 5.74) is 0.463. The molecule has 0 radical (unpaired) electrons. The van der Waals surface area contributed by atoms with Crippen LogP contribution in [0.25, 0.3) is 5.13 Å². The first-order valence-electron chi connectivity index (χ1n) is 8.74. The smallest absolute Gasteiger partial charge is 0.433 e. The summed E-state index contributed by atoms with van der Waals surface area (Å²) in [7, 11) is 0. The minimum atomic E-state index is -4.63. The van der Waals surface area contributed by atoms with Crippen molar-refractivity contribution in [2.24, 2.45) is 0 Å². The van der Waals surface area contributed by atoms with Crippen LogP contribution < -0.4 is 5.32 Å². The number of nitrogens with zero attached hydrogens (tertiary/aromatic N) is 3. The minimum Gasteiger partial charge on any atom is -0.481 e. The standard InChI is InChI=1S/C19H17F3N4O3S/c1-10-5-3-4-6-12(10)13(8-16(27)28)23-17(29)14-9-30-18(24-14)26-15(19(20,21)22)7-11(2)25-26/h3-7,9,13H,8H2,1-2H3,(H,23,29)(H,27,28)/t13-/m0/s1. The Hall–Kier alpha value is -3.21. The highest BCUT2D eigenvalue weighted by molar-refractivity contribution is 7.12. The van der Waals surface area contributed by atoms with Crippen molar-refractivity contribution in [1.29, 1.82) is 0 Å². The Morgan fingerprint density at radius 2 is 1.97 bits per heavy atom. The quantitative estimate of drug-likeness (QED) is 0.608. The van der Waals surface area contributed by atoms with Crippen molar-refractivity contribution < 1.29 is 27.9 Å². The molecule has 3 rings (SSSR count). The molecule has 30 heavy (non-hydrogen) atoms. The molecule has 0 unspecified atom stereocenters. The first kappa shape index (κ1) is 21.5. The fraction of sp³-hybridized carbons (Fsp3) is 0.263. The number of hydrogen-bond acceptors (Lipinski definition) is 5. The third-order valence-corrected chi connectivity index (χ3v) is 5.09. The van der Waals surface area contributed by atoms with Crippen LogP contribution in [-0.4, -0.2) is 31.7 Å². The van der Waals surface area contributed by atoms with E-state index in [1.165, 1.54) is 12.3 Å². The van der Waals surface area contributed by atoms with Crippen LogP contribution in [0.2, 0.25) is 0 Å². The summed E-state index contributed by atoms with van der Waals surface area (Å²) in [6.07, 6.45) is -4.99. The van der Waals surface area contributed by atoms with Gasteiger partial charge in [0.2, 0.25) is 5.13 Å². The van der Waals surface area contributed by atoms with E-state index in [1.807, 2.05) is 0 Å². The Balaban J connectivity index is 1.87. The Morgan fingerprint density at radius 3 is 2.60 bits per heavy atom. The zero-order valence-electron chi connectivity index (χ0n) is 15.9. The van der Waals surface area contributed by atoms with Crippen molar-refractivity contribution in [2.45, 2.75) is 32.5 Å². The third kappa shape index (κ3) is 4.67. The normalized spacial score (nSPS) is 12.6. The fourth-order valence-corrected chi connectivity index (χ4v) is 3.70. The Labute approximate surface area is 173 Å². The van der Waals surface area contributed by atoms with E-state index in [0.29, 0.717) is 10.2 Å². The van der Waals surface area contributed by atoms with Gasteiger partial charge in [-0.05, 0) is 31.0 Å². The van der Waals surface area contributed by atoms with Crippen LogP contribution in [0.15, 0.2) is 35.7 Å². The molecule has 0 bridgehead atoms. The minimum absolute atomic E-state index is 0.119. The van der Waals surface area contributed by atoms with Gasteiger partial charge in [-0.1, -0.05) is 24.3 Å². The molecule has 1 aromatic carbocycles. The van der Waals surface area contributed by atoms with E-state index in [1.54, 1.807) is 31.2 Å². The molecular weight excluding hydrogens is 421 g/mol. The summed E-state index contributed by atoms with van der Waals surface area (Å²) >= 11 is 0.827. The van der Waals surface area contributed by atoms with Crippen LogP contribution in [0.3, 0.4) is 0 Å². The predicted octanol–water partition coefficient (Wildman–Crippen LogP) is 3.91. The molecule has 0 saturated carbocycles.